The van der Waals surface area contributed by atoms with Crippen molar-refractivity contribution in [2.45, 2.75) is 51.6 Å². The van der Waals surface area contributed by atoms with Gasteiger partial charge >= 0.3 is 12.0 Å². The molecule has 2 aromatic heterocycles. The van der Waals surface area contributed by atoms with Crippen LogP contribution < -0.4 is 16.6 Å². The van der Waals surface area contributed by atoms with Gasteiger partial charge in [0.15, 0.2) is 6.10 Å². The number of amides is 3. The second kappa shape index (κ2) is 7.87. The second-order valence-corrected chi connectivity index (χ2v) is 7.47. The minimum atomic E-state index is -1.15. The number of rotatable bonds is 5. The highest BCUT2D eigenvalue weighted by Crippen LogP contribution is 2.33. The van der Waals surface area contributed by atoms with E-state index in [1.807, 2.05) is 5.32 Å². The number of aromatic amines is 1. The lowest BCUT2D eigenvalue weighted by atomic mass is 9.97. The number of hydrogen-bond acceptors (Lipinski definition) is 7. The van der Waals surface area contributed by atoms with Crippen LogP contribution in [0.25, 0.3) is 10.2 Å². The molecule has 2 aromatic rings. The van der Waals surface area contributed by atoms with Crippen LogP contribution in [0.1, 0.15) is 42.5 Å². The van der Waals surface area contributed by atoms with Crippen molar-refractivity contribution in [3.8, 4) is 0 Å². The number of carbonyl (C=O) groups excluding carboxylic acids is 3. The Morgan fingerprint density at radius 2 is 2.07 bits per heavy atom. The van der Waals surface area contributed by atoms with Gasteiger partial charge in [0.1, 0.15) is 10.7 Å². The summed E-state index contributed by atoms with van der Waals surface area (Å²) in [6, 6.07) is -1.02. The molecule has 0 saturated heterocycles. The number of aryl methyl sites for hydroxylation is 3. The zero-order chi connectivity index (χ0) is 19.6. The number of ether oxygens (including phenoxy) is 1. The molecule has 4 N–H and O–H groups in total. The Hall–Kier alpha value is -2.75. The molecule has 0 fully saturated rings. The Labute approximate surface area is 158 Å². The highest BCUT2D eigenvalue weighted by atomic mass is 32.1. The van der Waals surface area contributed by atoms with E-state index < -0.39 is 24.0 Å². The van der Waals surface area contributed by atoms with Gasteiger partial charge < -0.3 is 15.5 Å². The van der Waals surface area contributed by atoms with Crippen LogP contribution in [0.3, 0.4) is 0 Å². The zero-order valence-electron chi connectivity index (χ0n) is 14.8. The first-order valence-corrected chi connectivity index (χ1v) is 9.50. The van der Waals surface area contributed by atoms with E-state index in [-0.39, 0.29) is 18.4 Å². The van der Waals surface area contributed by atoms with Crippen LogP contribution in [0, 0.1) is 0 Å². The Morgan fingerprint density at radius 1 is 1.33 bits per heavy atom. The number of nitrogens with zero attached hydrogens (tertiary/aromatic N) is 1. The second-order valence-electron chi connectivity index (χ2n) is 6.39. The number of primary amides is 1. The number of carbonyl (C=O) groups is 3. The molecule has 144 valence electrons. The minimum Gasteiger partial charge on any atom is -0.453 e. The van der Waals surface area contributed by atoms with Crippen molar-refractivity contribution in [3.05, 3.63) is 26.6 Å². The number of nitrogens with one attached hydrogen (secondary N) is 2. The van der Waals surface area contributed by atoms with Crippen LogP contribution in [-0.2, 0) is 33.6 Å². The van der Waals surface area contributed by atoms with E-state index in [9.17, 15) is 19.2 Å². The topological polar surface area (TPSA) is 144 Å². The lowest BCUT2D eigenvalue weighted by Crippen LogP contribution is -2.42. The molecule has 0 spiro atoms. The number of aromatic nitrogens is 2. The van der Waals surface area contributed by atoms with Gasteiger partial charge in [-0.3, -0.25) is 19.7 Å². The van der Waals surface area contributed by atoms with Gasteiger partial charge in [-0.25, -0.2) is 9.78 Å². The summed E-state index contributed by atoms with van der Waals surface area (Å²) in [5.41, 5.74) is 5.76. The molecule has 3 amide bonds. The van der Waals surface area contributed by atoms with Crippen molar-refractivity contribution in [1.29, 1.82) is 0 Å². The molecular weight excluding hydrogens is 372 g/mol. The van der Waals surface area contributed by atoms with Crippen molar-refractivity contribution < 1.29 is 19.1 Å². The van der Waals surface area contributed by atoms with Gasteiger partial charge in [-0.05, 0) is 38.2 Å². The summed E-state index contributed by atoms with van der Waals surface area (Å²) < 4.78 is 4.94. The number of thiophene rings is 1. The molecule has 0 radical (unpaired) electrons. The maximum atomic E-state index is 12.4. The van der Waals surface area contributed by atoms with Gasteiger partial charge in [0.2, 0.25) is 0 Å². The summed E-state index contributed by atoms with van der Waals surface area (Å²) in [6.07, 6.45) is 3.04. The first kappa shape index (κ1) is 19.0. The monoisotopic (exact) mass is 392 g/mol. The molecule has 2 heterocycles. The van der Waals surface area contributed by atoms with E-state index in [1.165, 1.54) is 23.1 Å². The molecule has 9 nitrogen and oxygen atoms in total. The fraction of sp³-hybridized carbons (Fsp3) is 0.471. The molecule has 27 heavy (non-hydrogen) atoms. The number of imide groups is 1. The van der Waals surface area contributed by atoms with E-state index in [4.69, 9.17) is 10.5 Å². The summed E-state index contributed by atoms with van der Waals surface area (Å²) in [5.74, 6) is -1.04. The standard InChI is InChI=1S/C17H20N4O5S/c1-8(14(23)21-17(18)25)26-12(22)7-6-11-19-15(24)13-9-4-2-3-5-10(9)27-16(13)20-11/h8H,2-7H2,1H3,(H,19,20,24)(H3,18,21,23,25)/t8-/m0/s1. The van der Waals surface area contributed by atoms with Gasteiger partial charge in [-0.2, -0.15) is 0 Å². The van der Waals surface area contributed by atoms with Crippen LogP contribution in [-0.4, -0.2) is 34.0 Å². The Balaban J connectivity index is 1.65. The maximum absolute atomic E-state index is 12.4. The number of H-pyrrole nitrogens is 1. The van der Waals surface area contributed by atoms with Crippen molar-refractivity contribution in [3.63, 3.8) is 0 Å². The largest absolute Gasteiger partial charge is 0.453 e. The van der Waals surface area contributed by atoms with E-state index in [1.54, 1.807) is 0 Å². The number of fused-ring (bicyclic) bond motifs is 3. The molecule has 0 unspecified atom stereocenters. The maximum Gasteiger partial charge on any atom is 0.318 e. The smallest absolute Gasteiger partial charge is 0.318 e. The van der Waals surface area contributed by atoms with Gasteiger partial charge in [-0.15, -0.1) is 11.3 Å². The molecule has 1 atom stereocenters. The number of urea groups is 1. The van der Waals surface area contributed by atoms with Crippen LogP contribution in [0.4, 0.5) is 4.79 Å². The third-order valence-electron chi connectivity index (χ3n) is 4.36. The Bertz CT molecular complexity index is 964. The quantitative estimate of drug-likeness (QED) is 0.646. The number of hydrogen-bond donors (Lipinski definition) is 3. The van der Waals surface area contributed by atoms with Gasteiger partial charge in [0, 0.05) is 11.3 Å². The minimum absolute atomic E-state index is 0.0618. The average Bonchev–Trinajstić information content (AvgIpc) is 2.98. The van der Waals surface area contributed by atoms with Crippen molar-refractivity contribution >= 4 is 39.5 Å². The fourth-order valence-corrected chi connectivity index (χ4v) is 4.36. The first-order chi connectivity index (χ1) is 12.8. The van der Waals surface area contributed by atoms with E-state index in [0.717, 1.165) is 31.2 Å². The molecular formula is C17H20N4O5S. The summed E-state index contributed by atoms with van der Waals surface area (Å²) in [5, 5.41) is 2.50. The lowest BCUT2D eigenvalue weighted by Gasteiger charge is -2.11. The molecule has 0 aliphatic heterocycles. The number of esters is 1. The SMILES string of the molecule is C[C@H](OC(=O)CCc1nc2sc3c(c2c(=O)[nH]1)CCCC3)C(=O)NC(N)=O. The lowest BCUT2D eigenvalue weighted by molar-refractivity contribution is -0.154. The average molecular weight is 392 g/mol. The van der Waals surface area contributed by atoms with Crippen LogP contribution >= 0.6 is 11.3 Å². The van der Waals surface area contributed by atoms with Crippen LogP contribution in [0.5, 0.6) is 0 Å². The van der Waals surface area contributed by atoms with E-state index >= 15 is 0 Å². The molecule has 0 aromatic carbocycles. The highest BCUT2D eigenvalue weighted by Gasteiger charge is 2.21. The van der Waals surface area contributed by atoms with Crippen molar-refractivity contribution in [2.24, 2.45) is 5.73 Å². The highest BCUT2D eigenvalue weighted by molar-refractivity contribution is 7.18. The van der Waals surface area contributed by atoms with Crippen molar-refractivity contribution in [1.82, 2.24) is 15.3 Å². The fourth-order valence-electron chi connectivity index (χ4n) is 3.08. The summed E-state index contributed by atoms with van der Waals surface area (Å²) in [6.45, 7) is 1.33. The van der Waals surface area contributed by atoms with Crippen molar-refractivity contribution in [2.75, 3.05) is 0 Å². The predicted molar refractivity (Wildman–Crippen MR) is 98.5 cm³/mol. The van der Waals surface area contributed by atoms with Gasteiger partial charge in [0.05, 0.1) is 11.8 Å². The molecule has 1 aliphatic carbocycles. The molecule has 0 saturated carbocycles. The van der Waals surface area contributed by atoms with Crippen LogP contribution in [0.2, 0.25) is 0 Å². The molecule has 1 aliphatic rings. The number of nitrogens with two attached hydrogens (primary N) is 1. The summed E-state index contributed by atoms with van der Waals surface area (Å²) in [4.78, 5) is 55.6. The normalized spacial score (nSPS) is 14.4. The third-order valence-corrected chi connectivity index (χ3v) is 5.55. The van der Waals surface area contributed by atoms with Gasteiger partial charge in [0.25, 0.3) is 11.5 Å². The first-order valence-electron chi connectivity index (χ1n) is 8.68. The molecule has 3 rings (SSSR count). The Morgan fingerprint density at radius 3 is 2.81 bits per heavy atom. The predicted octanol–water partition coefficient (Wildman–Crippen LogP) is 0.923. The Kier molecular flexibility index (Phi) is 5.54. The molecule has 0 bridgehead atoms. The van der Waals surface area contributed by atoms with E-state index in [0.29, 0.717) is 16.0 Å². The zero-order valence-corrected chi connectivity index (χ0v) is 15.6. The summed E-state index contributed by atoms with van der Waals surface area (Å²) >= 11 is 1.54. The van der Waals surface area contributed by atoms with Crippen LogP contribution in [0.15, 0.2) is 4.79 Å². The van der Waals surface area contributed by atoms with E-state index in [2.05, 4.69) is 9.97 Å². The van der Waals surface area contributed by atoms with Gasteiger partial charge in [-0.1, -0.05) is 0 Å². The molecule has 10 heteroatoms. The summed E-state index contributed by atoms with van der Waals surface area (Å²) in [7, 11) is 0. The third kappa shape index (κ3) is 4.33.